The highest BCUT2D eigenvalue weighted by atomic mass is 79.9. The third-order valence-corrected chi connectivity index (χ3v) is 3.12. The maximum Gasteiger partial charge on any atom is 0.334 e. The normalized spacial score (nSPS) is 12.2. The summed E-state index contributed by atoms with van der Waals surface area (Å²) < 4.78 is 11.4. The highest BCUT2D eigenvalue weighted by Gasteiger charge is 2.19. The smallest absolute Gasteiger partial charge is 0.334 e. The van der Waals surface area contributed by atoms with Crippen LogP contribution in [0.1, 0.15) is 31.7 Å². The Morgan fingerprint density at radius 3 is 2.83 bits per heavy atom. The van der Waals surface area contributed by atoms with Gasteiger partial charge in [0.1, 0.15) is 0 Å². The second-order valence-corrected chi connectivity index (χ2v) is 5.01. The van der Waals surface area contributed by atoms with Crippen LogP contribution in [0.5, 0.6) is 0 Å². The largest absolute Gasteiger partial charge is 0.467 e. The van der Waals surface area contributed by atoms with Crippen LogP contribution in [-0.4, -0.2) is 19.2 Å². The molecule has 1 atom stereocenters. The van der Waals surface area contributed by atoms with Gasteiger partial charge in [0, 0.05) is 4.47 Å². The van der Waals surface area contributed by atoms with Gasteiger partial charge in [-0.1, -0.05) is 47.8 Å². The van der Waals surface area contributed by atoms with Crippen LogP contribution < -0.4 is 0 Å². The molecule has 1 aromatic rings. The number of methoxy groups -OCH3 is 1. The van der Waals surface area contributed by atoms with E-state index in [1.165, 1.54) is 7.11 Å². The number of rotatable bonds is 7. The second-order valence-electron chi connectivity index (χ2n) is 4.09. The van der Waals surface area contributed by atoms with E-state index in [4.69, 9.17) is 9.47 Å². The molecule has 1 unspecified atom stereocenters. The molecule has 0 saturated carbocycles. The van der Waals surface area contributed by atoms with E-state index in [-0.39, 0.29) is 5.97 Å². The molecule has 3 nitrogen and oxygen atoms in total. The van der Waals surface area contributed by atoms with Gasteiger partial charge in [0.05, 0.1) is 13.7 Å². The third kappa shape index (κ3) is 5.19. The SMILES string of the molecule is CCCCC(OCc1cccc(Br)c1)C(=O)OC. The number of esters is 1. The number of carbonyl (C=O) groups excluding carboxylic acids is 1. The van der Waals surface area contributed by atoms with Crippen LogP contribution in [0.2, 0.25) is 0 Å². The van der Waals surface area contributed by atoms with Gasteiger partial charge in [-0.05, 0) is 24.1 Å². The van der Waals surface area contributed by atoms with E-state index < -0.39 is 6.10 Å². The lowest BCUT2D eigenvalue weighted by Crippen LogP contribution is -2.25. The fourth-order valence-electron chi connectivity index (χ4n) is 1.61. The molecule has 1 rings (SSSR count). The highest BCUT2D eigenvalue weighted by molar-refractivity contribution is 9.10. The number of hydrogen-bond donors (Lipinski definition) is 0. The Labute approximate surface area is 117 Å². The van der Waals surface area contributed by atoms with E-state index >= 15 is 0 Å². The molecule has 0 saturated heterocycles. The molecule has 18 heavy (non-hydrogen) atoms. The van der Waals surface area contributed by atoms with Gasteiger partial charge >= 0.3 is 5.97 Å². The molecule has 0 aliphatic rings. The van der Waals surface area contributed by atoms with Gasteiger partial charge in [0.2, 0.25) is 0 Å². The molecule has 4 heteroatoms. The summed E-state index contributed by atoms with van der Waals surface area (Å²) in [6, 6.07) is 7.85. The molecule has 100 valence electrons. The van der Waals surface area contributed by atoms with Crippen molar-refractivity contribution in [2.45, 2.75) is 38.9 Å². The predicted octanol–water partition coefficient (Wildman–Crippen LogP) is 3.70. The molecule has 0 radical (unpaired) electrons. The van der Waals surface area contributed by atoms with Crippen LogP contribution in [-0.2, 0) is 20.9 Å². The van der Waals surface area contributed by atoms with Crippen molar-refractivity contribution >= 4 is 21.9 Å². The highest BCUT2D eigenvalue weighted by Crippen LogP contribution is 2.15. The Morgan fingerprint density at radius 1 is 1.44 bits per heavy atom. The molecule has 1 aromatic carbocycles. The first-order chi connectivity index (χ1) is 8.67. The molecule has 0 aromatic heterocycles. The number of carbonyl (C=O) groups is 1. The summed E-state index contributed by atoms with van der Waals surface area (Å²) in [4.78, 5) is 11.5. The fourth-order valence-corrected chi connectivity index (χ4v) is 2.06. The summed E-state index contributed by atoms with van der Waals surface area (Å²) in [6.45, 7) is 2.51. The summed E-state index contributed by atoms with van der Waals surface area (Å²) in [7, 11) is 1.39. The summed E-state index contributed by atoms with van der Waals surface area (Å²) in [6.07, 6.45) is 2.23. The van der Waals surface area contributed by atoms with Gasteiger partial charge in [-0.3, -0.25) is 0 Å². The first-order valence-corrected chi connectivity index (χ1v) is 6.90. The maximum atomic E-state index is 11.5. The zero-order valence-corrected chi connectivity index (χ0v) is 12.4. The maximum absolute atomic E-state index is 11.5. The van der Waals surface area contributed by atoms with Gasteiger partial charge in [-0.2, -0.15) is 0 Å². The van der Waals surface area contributed by atoms with E-state index in [2.05, 4.69) is 22.9 Å². The van der Waals surface area contributed by atoms with Crippen LogP contribution in [0.15, 0.2) is 28.7 Å². The van der Waals surface area contributed by atoms with E-state index in [0.29, 0.717) is 13.0 Å². The van der Waals surface area contributed by atoms with Crippen molar-refractivity contribution in [1.29, 1.82) is 0 Å². The lowest BCUT2D eigenvalue weighted by molar-refractivity contribution is -0.155. The zero-order valence-electron chi connectivity index (χ0n) is 10.8. The van der Waals surface area contributed by atoms with Crippen molar-refractivity contribution in [3.05, 3.63) is 34.3 Å². The summed E-state index contributed by atoms with van der Waals surface area (Å²) in [5.41, 5.74) is 1.04. The molecule has 0 aliphatic carbocycles. The molecule has 0 N–H and O–H groups in total. The fraction of sp³-hybridized carbons (Fsp3) is 0.500. The Bertz CT molecular complexity index is 379. The first kappa shape index (κ1) is 15.2. The molecule has 0 spiro atoms. The Morgan fingerprint density at radius 2 is 2.22 bits per heavy atom. The topological polar surface area (TPSA) is 35.5 Å². The van der Waals surface area contributed by atoms with E-state index in [0.717, 1.165) is 22.9 Å². The lowest BCUT2D eigenvalue weighted by Gasteiger charge is -2.15. The number of unbranched alkanes of at least 4 members (excludes halogenated alkanes) is 1. The molecular formula is C14H19BrO3. The van der Waals surface area contributed by atoms with E-state index in [1.807, 2.05) is 24.3 Å². The average molecular weight is 315 g/mol. The zero-order chi connectivity index (χ0) is 13.4. The van der Waals surface area contributed by atoms with Crippen molar-refractivity contribution in [1.82, 2.24) is 0 Å². The standard InChI is InChI=1S/C14H19BrO3/c1-3-4-8-13(14(16)17-2)18-10-11-6-5-7-12(15)9-11/h5-7,9,13H,3-4,8,10H2,1-2H3. The van der Waals surface area contributed by atoms with E-state index in [9.17, 15) is 4.79 Å². The van der Waals surface area contributed by atoms with Gasteiger partial charge in [0.15, 0.2) is 6.10 Å². The van der Waals surface area contributed by atoms with Crippen molar-refractivity contribution in [3.63, 3.8) is 0 Å². The van der Waals surface area contributed by atoms with Gasteiger partial charge in [-0.25, -0.2) is 4.79 Å². The average Bonchev–Trinajstić information content (AvgIpc) is 2.38. The number of hydrogen-bond acceptors (Lipinski definition) is 3. The molecule has 0 fully saturated rings. The molecule has 0 bridgehead atoms. The molecule has 0 aliphatic heterocycles. The Hall–Kier alpha value is -0.870. The first-order valence-electron chi connectivity index (χ1n) is 6.11. The molecular weight excluding hydrogens is 296 g/mol. The van der Waals surface area contributed by atoms with Crippen molar-refractivity contribution in [3.8, 4) is 0 Å². The second kappa shape index (κ2) is 8.27. The predicted molar refractivity (Wildman–Crippen MR) is 74.3 cm³/mol. The van der Waals surface area contributed by atoms with Crippen molar-refractivity contribution in [2.75, 3.05) is 7.11 Å². The van der Waals surface area contributed by atoms with Gasteiger partial charge in [0.25, 0.3) is 0 Å². The van der Waals surface area contributed by atoms with Gasteiger partial charge in [-0.15, -0.1) is 0 Å². The van der Waals surface area contributed by atoms with Crippen molar-refractivity contribution in [2.24, 2.45) is 0 Å². The Balaban J connectivity index is 2.53. The number of benzene rings is 1. The van der Waals surface area contributed by atoms with Gasteiger partial charge < -0.3 is 9.47 Å². The van der Waals surface area contributed by atoms with Crippen molar-refractivity contribution < 1.29 is 14.3 Å². The summed E-state index contributed by atoms with van der Waals surface area (Å²) in [5.74, 6) is -0.293. The van der Waals surface area contributed by atoms with Crippen LogP contribution >= 0.6 is 15.9 Å². The minimum absolute atomic E-state index is 0.293. The molecule has 0 amide bonds. The monoisotopic (exact) mass is 314 g/mol. The minimum Gasteiger partial charge on any atom is -0.467 e. The number of ether oxygens (including phenoxy) is 2. The summed E-state index contributed by atoms with van der Waals surface area (Å²) >= 11 is 3.41. The third-order valence-electron chi connectivity index (χ3n) is 2.62. The van der Waals surface area contributed by atoms with Crippen LogP contribution in [0, 0.1) is 0 Å². The van der Waals surface area contributed by atoms with Crippen LogP contribution in [0.3, 0.4) is 0 Å². The van der Waals surface area contributed by atoms with E-state index in [1.54, 1.807) is 0 Å². The summed E-state index contributed by atoms with van der Waals surface area (Å²) in [5, 5.41) is 0. The van der Waals surface area contributed by atoms with Crippen LogP contribution in [0.4, 0.5) is 0 Å². The quantitative estimate of drug-likeness (QED) is 0.720. The van der Waals surface area contributed by atoms with Crippen LogP contribution in [0.25, 0.3) is 0 Å². The minimum atomic E-state index is -0.464. The Kier molecular flexibility index (Phi) is 6.98. The molecule has 0 heterocycles. The number of halogens is 1. The lowest BCUT2D eigenvalue weighted by atomic mass is 10.1.